The van der Waals surface area contributed by atoms with E-state index in [4.69, 9.17) is 11.6 Å². The lowest BCUT2D eigenvalue weighted by molar-refractivity contribution is 1.01. The first-order chi connectivity index (χ1) is 8.28. The van der Waals surface area contributed by atoms with Gasteiger partial charge in [0.15, 0.2) is 0 Å². The van der Waals surface area contributed by atoms with E-state index in [2.05, 4.69) is 37.5 Å². The Morgan fingerprint density at radius 1 is 1.29 bits per heavy atom. The maximum absolute atomic E-state index is 5.55. The summed E-state index contributed by atoms with van der Waals surface area (Å²) >= 11 is 1.69. The highest BCUT2D eigenvalue weighted by Gasteiger charge is 2.01. The minimum atomic E-state index is 0.193. The first kappa shape index (κ1) is 11.6. The lowest BCUT2D eigenvalue weighted by Gasteiger charge is -2.07. The van der Waals surface area contributed by atoms with Gasteiger partial charge >= 0.3 is 0 Å². The van der Waals surface area contributed by atoms with E-state index in [1.54, 1.807) is 17.4 Å². The number of nitrogens with one attached hydrogen (secondary N) is 2. The van der Waals surface area contributed by atoms with Gasteiger partial charge in [-0.2, -0.15) is 21.3 Å². The van der Waals surface area contributed by atoms with Crippen LogP contribution in [-0.4, -0.2) is 16.5 Å². The number of thiophene rings is 1. The van der Waals surface area contributed by atoms with E-state index >= 15 is 0 Å². The molecule has 0 bridgehead atoms. The molecule has 0 saturated carbocycles. The van der Waals surface area contributed by atoms with Gasteiger partial charge in [0.25, 0.3) is 0 Å². The van der Waals surface area contributed by atoms with E-state index in [0.29, 0.717) is 11.6 Å². The highest BCUT2D eigenvalue weighted by atomic mass is 32.1. The Balaban J connectivity index is 1.92. The Hall–Kier alpha value is -1.86. The molecular weight excluding hydrogens is 236 g/mol. The molecule has 2 aromatic heterocycles. The number of hydrazine groups is 1. The molecule has 0 fully saturated rings. The third-order valence-corrected chi connectivity index (χ3v) is 2.92. The second-order valence-electron chi connectivity index (χ2n) is 3.45. The van der Waals surface area contributed by atoms with E-state index in [1.807, 2.05) is 0 Å². The van der Waals surface area contributed by atoms with Crippen molar-refractivity contribution in [1.29, 1.82) is 0 Å². The van der Waals surface area contributed by atoms with Gasteiger partial charge in [0, 0.05) is 12.6 Å². The second-order valence-corrected chi connectivity index (χ2v) is 4.23. The maximum atomic E-state index is 5.55. The average Bonchev–Trinajstić information content (AvgIpc) is 2.81. The van der Waals surface area contributed by atoms with Crippen LogP contribution in [0.2, 0.25) is 0 Å². The number of anilines is 3. The number of hydrogen-bond acceptors (Lipinski definition) is 7. The molecule has 6 nitrogen and oxygen atoms in total. The van der Waals surface area contributed by atoms with Crippen molar-refractivity contribution < 1.29 is 0 Å². The van der Waals surface area contributed by atoms with Crippen molar-refractivity contribution in [2.75, 3.05) is 23.0 Å². The molecule has 0 radical (unpaired) electrons. The molecule has 0 amide bonds. The summed E-state index contributed by atoms with van der Waals surface area (Å²) in [7, 11) is 0. The third kappa shape index (κ3) is 3.30. The molecule has 0 aliphatic heterocycles. The SMILES string of the molecule is NNc1cc(NCCc2ccsc2)nc(N)n1. The van der Waals surface area contributed by atoms with Crippen LogP contribution >= 0.6 is 11.3 Å². The van der Waals surface area contributed by atoms with Crippen LogP contribution in [0.3, 0.4) is 0 Å². The van der Waals surface area contributed by atoms with Crippen LogP contribution in [0, 0.1) is 0 Å². The summed E-state index contributed by atoms with van der Waals surface area (Å²) in [6.07, 6.45) is 0.943. The van der Waals surface area contributed by atoms with Gasteiger partial charge in [-0.25, -0.2) is 5.84 Å². The summed E-state index contributed by atoms with van der Waals surface area (Å²) < 4.78 is 0. The second kappa shape index (κ2) is 5.46. The van der Waals surface area contributed by atoms with Crippen molar-refractivity contribution in [3.63, 3.8) is 0 Å². The van der Waals surface area contributed by atoms with Gasteiger partial charge in [-0.15, -0.1) is 0 Å². The van der Waals surface area contributed by atoms with Gasteiger partial charge in [-0.3, -0.25) is 0 Å². The summed E-state index contributed by atoms with van der Waals surface area (Å²) in [6.45, 7) is 0.789. The normalized spacial score (nSPS) is 10.2. The van der Waals surface area contributed by atoms with E-state index in [-0.39, 0.29) is 5.95 Å². The van der Waals surface area contributed by atoms with Crippen LogP contribution in [-0.2, 0) is 6.42 Å². The molecule has 0 saturated heterocycles. The highest BCUT2D eigenvalue weighted by molar-refractivity contribution is 7.07. The lowest BCUT2D eigenvalue weighted by atomic mass is 10.2. The standard InChI is InChI=1S/C10H14N6S/c11-10-14-8(5-9(15-10)16-12)13-3-1-7-2-4-17-6-7/h2,4-6H,1,3,12H2,(H4,11,13,14,15,16). The van der Waals surface area contributed by atoms with Gasteiger partial charge in [-0.1, -0.05) is 0 Å². The van der Waals surface area contributed by atoms with E-state index in [0.717, 1.165) is 13.0 Å². The third-order valence-electron chi connectivity index (χ3n) is 2.19. The van der Waals surface area contributed by atoms with Gasteiger partial charge in [-0.05, 0) is 28.8 Å². The molecule has 2 aromatic rings. The molecule has 0 atom stereocenters. The van der Waals surface area contributed by atoms with E-state index in [9.17, 15) is 0 Å². The predicted octanol–water partition coefficient (Wildman–Crippen LogP) is 1.06. The monoisotopic (exact) mass is 250 g/mol. The lowest BCUT2D eigenvalue weighted by Crippen LogP contribution is -2.13. The fraction of sp³-hybridized carbons (Fsp3) is 0.200. The van der Waals surface area contributed by atoms with E-state index < -0.39 is 0 Å². The van der Waals surface area contributed by atoms with Crippen LogP contribution in [0.4, 0.5) is 17.6 Å². The zero-order chi connectivity index (χ0) is 12.1. The number of nitrogen functional groups attached to an aromatic ring is 2. The first-order valence-corrected chi connectivity index (χ1v) is 6.08. The summed E-state index contributed by atoms with van der Waals surface area (Å²) in [5.41, 5.74) is 9.30. The summed E-state index contributed by atoms with van der Waals surface area (Å²) in [4.78, 5) is 7.97. The molecule has 6 N–H and O–H groups in total. The summed E-state index contributed by atoms with van der Waals surface area (Å²) in [6, 6.07) is 3.82. The summed E-state index contributed by atoms with van der Waals surface area (Å²) in [5, 5.41) is 7.37. The Kier molecular flexibility index (Phi) is 3.73. The average molecular weight is 250 g/mol. The van der Waals surface area contributed by atoms with Crippen molar-refractivity contribution in [1.82, 2.24) is 9.97 Å². The Labute approximate surface area is 103 Å². The Morgan fingerprint density at radius 2 is 2.12 bits per heavy atom. The van der Waals surface area contributed by atoms with E-state index in [1.165, 1.54) is 5.56 Å². The quantitative estimate of drug-likeness (QED) is 0.467. The molecule has 0 spiro atoms. The van der Waals surface area contributed by atoms with Crippen LogP contribution in [0.25, 0.3) is 0 Å². The maximum Gasteiger partial charge on any atom is 0.223 e. The van der Waals surface area contributed by atoms with Crippen molar-refractivity contribution in [3.8, 4) is 0 Å². The number of nitrogens with zero attached hydrogens (tertiary/aromatic N) is 2. The van der Waals surface area contributed by atoms with Gasteiger partial charge in [0.1, 0.15) is 11.6 Å². The largest absolute Gasteiger partial charge is 0.370 e. The molecule has 7 heteroatoms. The molecule has 0 aliphatic carbocycles. The summed E-state index contributed by atoms with van der Waals surface area (Å²) in [5.74, 6) is 6.63. The van der Waals surface area contributed by atoms with Crippen molar-refractivity contribution in [2.45, 2.75) is 6.42 Å². The fourth-order valence-electron chi connectivity index (χ4n) is 1.40. The van der Waals surface area contributed by atoms with Crippen LogP contribution in [0.5, 0.6) is 0 Å². The molecule has 0 unspecified atom stereocenters. The smallest absolute Gasteiger partial charge is 0.223 e. The van der Waals surface area contributed by atoms with Gasteiger partial charge < -0.3 is 16.5 Å². The molecule has 90 valence electrons. The minimum absolute atomic E-state index is 0.193. The molecule has 0 aliphatic rings. The van der Waals surface area contributed by atoms with Gasteiger partial charge in [0.2, 0.25) is 5.95 Å². The number of hydrogen-bond donors (Lipinski definition) is 4. The van der Waals surface area contributed by atoms with Crippen LogP contribution in [0.15, 0.2) is 22.9 Å². The van der Waals surface area contributed by atoms with Crippen molar-refractivity contribution in [3.05, 3.63) is 28.5 Å². The molecular formula is C10H14N6S. The van der Waals surface area contributed by atoms with Crippen molar-refractivity contribution in [2.24, 2.45) is 5.84 Å². The van der Waals surface area contributed by atoms with Crippen molar-refractivity contribution >= 4 is 28.9 Å². The zero-order valence-electron chi connectivity index (χ0n) is 9.18. The number of rotatable bonds is 5. The van der Waals surface area contributed by atoms with Crippen LogP contribution < -0.4 is 22.3 Å². The molecule has 2 rings (SSSR count). The predicted molar refractivity (Wildman–Crippen MR) is 70.8 cm³/mol. The Morgan fingerprint density at radius 3 is 2.82 bits per heavy atom. The zero-order valence-corrected chi connectivity index (χ0v) is 10.00. The van der Waals surface area contributed by atoms with Crippen LogP contribution in [0.1, 0.15) is 5.56 Å². The fourth-order valence-corrected chi connectivity index (χ4v) is 2.10. The highest BCUT2D eigenvalue weighted by Crippen LogP contribution is 2.12. The number of aromatic nitrogens is 2. The number of nitrogens with two attached hydrogens (primary N) is 2. The Bertz CT molecular complexity index is 470. The molecule has 17 heavy (non-hydrogen) atoms. The first-order valence-electron chi connectivity index (χ1n) is 5.14. The molecule has 2 heterocycles. The minimum Gasteiger partial charge on any atom is -0.370 e. The topological polar surface area (TPSA) is 102 Å². The van der Waals surface area contributed by atoms with Gasteiger partial charge in [0.05, 0.1) is 0 Å². The molecule has 0 aromatic carbocycles.